The van der Waals surface area contributed by atoms with Crippen molar-refractivity contribution in [2.45, 2.75) is 12.5 Å². The first-order valence-electron chi connectivity index (χ1n) is 4.26. The normalized spacial score (nSPS) is 25.6. The molecule has 1 aliphatic rings. The maximum absolute atomic E-state index is 10.8. The minimum absolute atomic E-state index is 0.339. The van der Waals surface area contributed by atoms with Crippen molar-refractivity contribution in [1.82, 2.24) is 0 Å². The first-order chi connectivity index (χ1) is 6.20. The van der Waals surface area contributed by atoms with Gasteiger partial charge in [-0.3, -0.25) is 4.79 Å². The molecule has 3 nitrogen and oxygen atoms in total. The standard InChI is InChI=1S/C10H11NO2/c11-9-7-4-2-1-3-6(7)5-8(9)10(12)13/h1-4,8-9H,5,11H2,(H,12,13)/t8?,9-/m1/s1. The van der Waals surface area contributed by atoms with E-state index in [0.717, 1.165) is 11.1 Å². The number of hydrogen-bond acceptors (Lipinski definition) is 2. The van der Waals surface area contributed by atoms with Crippen LogP contribution in [0.3, 0.4) is 0 Å². The Morgan fingerprint density at radius 3 is 2.77 bits per heavy atom. The molecule has 1 aromatic carbocycles. The highest BCUT2D eigenvalue weighted by molar-refractivity contribution is 5.73. The topological polar surface area (TPSA) is 63.3 Å². The summed E-state index contributed by atoms with van der Waals surface area (Å²) in [6.07, 6.45) is 0.562. The third-order valence-electron chi connectivity index (χ3n) is 2.60. The Balaban J connectivity index is 2.38. The Hall–Kier alpha value is -1.35. The average Bonchev–Trinajstić information content (AvgIpc) is 2.45. The zero-order valence-corrected chi connectivity index (χ0v) is 7.10. The number of carbonyl (C=O) groups is 1. The summed E-state index contributed by atoms with van der Waals surface area (Å²) in [5.41, 5.74) is 7.86. The van der Waals surface area contributed by atoms with Gasteiger partial charge in [-0.1, -0.05) is 24.3 Å². The van der Waals surface area contributed by atoms with E-state index in [-0.39, 0.29) is 6.04 Å². The lowest BCUT2D eigenvalue weighted by Gasteiger charge is -2.09. The highest BCUT2D eigenvalue weighted by Gasteiger charge is 2.34. The van der Waals surface area contributed by atoms with Gasteiger partial charge in [0.15, 0.2) is 0 Å². The largest absolute Gasteiger partial charge is 0.481 e. The van der Waals surface area contributed by atoms with E-state index in [1.54, 1.807) is 0 Å². The SMILES string of the molecule is N[C@@H]1c2ccccc2CC1C(=O)O. The van der Waals surface area contributed by atoms with Gasteiger partial charge in [-0.05, 0) is 17.5 Å². The van der Waals surface area contributed by atoms with Gasteiger partial charge in [-0.25, -0.2) is 0 Å². The van der Waals surface area contributed by atoms with Gasteiger partial charge in [0.05, 0.1) is 5.92 Å². The molecule has 0 aliphatic heterocycles. The molecule has 3 N–H and O–H groups in total. The van der Waals surface area contributed by atoms with Gasteiger partial charge in [0.2, 0.25) is 0 Å². The van der Waals surface area contributed by atoms with Crippen molar-refractivity contribution in [1.29, 1.82) is 0 Å². The molecule has 68 valence electrons. The van der Waals surface area contributed by atoms with Crippen LogP contribution >= 0.6 is 0 Å². The number of carboxylic acids is 1. The van der Waals surface area contributed by atoms with Crippen molar-refractivity contribution in [3.05, 3.63) is 35.4 Å². The summed E-state index contributed by atoms with van der Waals surface area (Å²) in [7, 11) is 0. The Labute approximate surface area is 76.2 Å². The summed E-state index contributed by atoms with van der Waals surface area (Å²) in [5, 5.41) is 8.88. The fourth-order valence-corrected chi connectivity index (χ4v) is 1.87. The minimum atomic E-state index is -0.802. The van der Waals surface area contributed by atoms with Crippen molar-refractivity contribution in [3.8, 4) is 0 Å². The molecule has 0 radical (unpaired) electrons. The third-order valence-corrected chi connectivity index (χ3v) is 2.60. The van der Waals surface area contributed by atoms with Crippen LogP contribution in [0.25, 0.3) is 0 Å². The maximum Gasteiger partial charge on any atom is 0.308 e. The van der Waals surface area contributed by atoms with Crippen LogP contribution in [0.4, 0.5) is 0 Å². The molecule has 2 atom stereocenters. The van der Waals surface area contributed by atoms with Crippen molar-refractivity contribution in [2.75, 3.05) is 0 Å². The Bertz CT molecular complexity index is 349. The van der Waals surface area contributed by atoms with E-state index in [2.05, 4.69) is 0 Å². The van der Waals surface area contributed by atoms with E-state index in [1.165, 1.54) is 0 Å². The van der Waals surface area contributed by atoms with Crippen LogP contribution in [0.5, 0.6) is 0 Å². The van der Waals surface area contributed by atoms with Crippen molar-refractivity contribution < 1.29 is 9.90 Å². The molecule has 0 spiro atoms. The van der Waals surface area contributed by atoms with E-state index in [1.807, 2.05) is 24.3 Å². The molecule has 0 saturated heterocycles. The van der Waals surface area contributed by atoms with Gasteiger partial charge >= 0.3 is 5.97 Å². The molecule has 0 bridgehead atoms. The summed E-state index contributed by atoms with van der Waals surface area (Å²) in [6.45, 7) is 0. The number of rotatable bonds is 1. The van der Waals surface area contributed by atoms with E-state index in [9.17, 15) is 4.79 Å². The number of fused-ring (bicyclic) bond motifs is 1. The number of benzene rings is 1. The first-order valence-corrected chi connectivity index (χ1v) is 4.26. The Kier molecular flexibility index (Phi) is 1.81. The van der Waals surface area contributed by atoms with Crippen molar-refractivity contribution in [3.63, 3.8) is 0 Å². The summed E-state index contributed by atoms with van der Waals surface area (Å²) < 4.78 is 0. The second-order valence-corrected chi connectivity index (χ2v) is 3.37. The second kappa shape index (κ2) is 2.85. The summed E-state index contributed by atoms with van der Waals surface area (Å²) in [5.74, 6) is -1.25. The molecule has 1 aliphatic carbocycles. The highest BCUT2D eigenvalue weighted by atomic mass is 16.4. The molecule has 1 aromatic rings. The van der Waals surface area contributed by atoms with Crippen LogP contribution in [-0.2, 0) is 11.2 Å². The lowest BCUT2D eigenvalue weighted by molar-refractivity contribution is -0.142. The fourth-order valence-electron chi connectivity index (χ4n) is 1.87. The lowest BCUT2D eigenvalue weighted by Crippen LogP contribution is -2.24. The third kappa shape index (κ3) is 1.21. The number of carboxylic acid groups (broad SMARTS) is 1. The quantitative estimate of drug-likeness (QED) is 0.671. The van der Waals surface area contributed by atoms with Gasteiger partial charge < -0.3 is 10.8 Å². The monoisotopic (exact) mass is 177 g/mol. The van der Waals surface area contributed by atoms with Gasteiger partial charge in [-0.2, -0.15) is 0 Å². The zero-order chi connectivity index (χ0) is 9.42. The van der Waals surface area contributed by atoms with E-state index in [0.29, 0.717) is 6.42 Å². The van der Waals surface area contributed by atoms with Gasteiger partial charge in [0.1, 0.15) is 0 Å². The molecule has 13 heavy (non-hydrogen) atoms. The molecule has 1 unspecified atom stereocenters. The fraction of sp³-hybridized carbons (Fsp3) is 0.300. The maximum atomic E-state index is 10.8. The molecular weight excluding hydrogens is 166 g/mol. The number of nitrogens with two attached hydrogens (primary N) is 1. The van der Waals surface area contributed by atoms with Crippen LogP contribution in [0, 0.1) is 5.92 Å². The predicted molar refractivity (Wildman–Crippen MR) is 48.2 cm³/mol. The van der Waals surface area contributed by atoms with E-state index in [4.69, 9.17) is 10.8 Å². The van der Waals surface area contributed by atoms with Gasteiger partial charge in [-0.15, -0.1) is 0 Å². The van der Waals surface area contributed by atoms with Crippen LogP contribution in [-0.4, -0.2) is 11.1 Å². The average molecular weight is 177 g/mol. The minimum Gasteiger partial charge on any atom is -0.481 e. The van der Waals surface area contributed by atoms with Crippen molar-refractivity contribution in [2.24, 2.45) is 11.7 Å². The summed E-state index contributed by atoms with van der Waals surface area (Å²) >= 11 is 0. The molecular formula is C10H11NO2. The lowest BCUT2D eigenvalue weighted by atomic mass is 10.0. The number of hydrogen-bond donors (Lipinski definition) is 2. The molecule has 2 rings (SSSR count). The first kappa shape index (κ1) is 8.26. The molecule has 0 fully saturated rings. The molecule has 0 aromatic heterocycles. The van der Waals surface area contributed by atoms with E-state index >= 15 is 0 Å². The van der Waals surface area contributed by atoms with Crippen LogP contribution in [0.15, 0.2) is 24.3 Å². The smallest absolute Gasteiger partial charge is 0.308 e. The second-order valence-electron chi connectivity index (χ2n) is 3.37. The predicted octanol–water partition coefficient (Wildman–Crippen LogP) is 0.943. The van der Waals surface area contributed by atoms with Gasteiger partial charge in [0.25, 0.3) is 0 Å². The summed E-state index contributed by atoms with van der Waals surface area (Å²) in [4.78, 5) is 10.8. The van der Waals surface area contributed by atoms with Crippen LogP contribution in [0.2, 0.25) is 0 Å². The van der Waals surface area contributed by atoms with Gasteiger partial charge in [0, 0.05) is 6.04 Å². The summed E-state index contributed by atoms with van der Waals surface area (Å²) in [6, 6.07) is 7.31. The Morgan fingerprint density at radius 2 is 2.15 bits per heavy atom. The molecule has 3 heteroatoms. The van der Waals surface area contributed by atoms with Crippen LogP contribution in [0.1, 0.15) is 17.2 Å². The molecule has 0 saturated carbocycles. The van der Waals surface area contributed by atoms with Crippen molar-refractivity contribution >= 4 is 5.97 Å². The zero-order valence-electron chi connectivity index (χ0n) is 7.10. The molecule has 0 amide bonds. The Morgan fingerprint density at radius 1 is 1.46 bits per heavy atom. The molecule has 0 heterocycles. The van der Waals surface area contributed by atoms with E-state index < -0.39 is 11.9 Å². The van der Waals surface area contributed by atoms with Crippen LogP contribution < -0.4 is 5.73 Å². The number of aliphatic carboxylic acids is 1. The highest BCUT2D eigenvalue weighted by Crippen LogP contribution is 2.33.